The minimum Gasteiger partial charge on any atom is -0.469 e. The second kappa shape index (κ2) is 10.7. The van der Waals surface area contributed by atoms with Gasteiger partial charge in [-0.15, -0.1) is 0 Å². The highest BCUT2D eigenvalue weighted by molar-refractivity contribution is 5.68. The molecular weight excluding hydrogens is 298 g/mol. The van der Waals surface area contributed by atoms with Gasteiger partial charge in [-0.2, -0.15) is 0 Å². The number of aromatic nitrogens is 1. The van der Waals surface area contributed by atoms with Crippen molar-refractivity contribution in [1.29, 1.82) is 0 Å². The molecule has 24 heavy (non-hydrogen) atoms. The third kappa shape index (κ3) is 6.61. The number of carbonyl (C=O) groups is 1. The van der Waals surface area contributed by atoms with Crippen LogP contribution in [0.25, 0.3) is 0 Å². The number of carbonyl (C=O) groups excluding carboxylic acids is 1. The molecule has 1 aromatic heterocycles. The average molecular weight is 327 g/mol. The lowest BCUT2D eigenvalue weighted by molar-refractivity contribution is -0.140. The number of aryl methyl sites for hydroxylation is 3. The van der Waals surface area contributed by atoms with Crippen LogP contribution in [0.5, 0.6) is 0 Å². The lowest BCUT2D eigenvalue weighted by Crippen LogP contribution is -2.04. The van der Waals surface area contributed by atoms with Crippen molar-refractivity contribution in [1.82, 2.24) is 4.57 Å². The van der Waals surface area contributed by atoms with Gasteiger partial charge in [-0.3, -0.25) is 4.79 Å². The van der Waals surface area contributed by atoms with E-state index in [-0.39, 0.29) is 5.97 Å². The molecule has 0 unspecified atom stereocenters. The Kier molecular flexibility index (Phi) is 8.16. The minimum atomic E-state index is -0.0914. The summed E-state index contributed by atoms with van der Waals surface area (Å²) in [6, 6.07) is 15.0. The van der Waals surface area contributed by atoms with E-state index in [1.807, 2.05) is 0 Å². The average Bonchev–Trinajstić information content (AvgIpc) is 3.07. The molecule has 0 amide bonds. The van der Waals surface area contributed by atoms with Crippen LogP contribution < -0.4 is 0 Å². The molecule has 0 aliphatic rings. The Balaban J connectivity index is 1.62. The Bertz CT molecular complexity index is 589. The maximum absolute atomic E-state index is 11.0. The molecule has 2 aromatic rings. The fraction of sp³-hybridized carbons (Fsp3) is 0.476. The van der Waals surface area contributed by atoms with Crippen LogP contribution in [0, 0.1) is 0 Å². The van der Waals surface area contributed by atoms with E-state index in [2.05, 4.69) is 58.0 Å². The van der Waals surface area contributed by atoms with E-state index in [1.54, 1.807) is 0 Å². The first-order chi connectivity index (χ1) is 11.8. The standard InChI is InChI=1S/C21H29NO2/c1-24-21(23)15-9-4-2-3-8-13-20-14-10-17-22(20)18-16-19-11-6-5-7-12-19/h5-7,10-12,14,17H,2-4,8-9,13,15-16,18H2,1H3. The normalized spacial score (nSPS) is 10.7. The summed E-state index contributed by atoms with van der Waals surface area (Å²) in [4.78, 5) is 11.0. The van der Waals surface area contributed by atoms with E-state index in [9.17, 15) is 4.79 Å². The van der Waals surface area contributed by atoms with E-state index in [0.29, 0.717) is 6.42 Å². The van der Waals surface area contributed by atoms with Crippen molar-refractivity contribution in [3.05, 3.63) is 59.9 Å². The highest BCUT2D eigenvalue weighted by Gasteiger charge is 2.02. The van der Waals surface area contributed by atoms with Crippen molar-refractivity contribution in [2.75, 3.05) is 7.11 Å². The summed E-state index contributed by atoms with van der Waals surface area (Å²) < 4.78 is 7.03. The number of hydrogen-bond donors (Lipinski definition) is 0. The molecule has 0 fully saturated rings. The molecule has 0 aliphatic carbocycles. The smallest absolute Gasteiger partial charge is 0.305 e. The van der Waals surface area contributed by atoms with Gasteiger partial charge in [0, 0.05) is 24.9 Å². The number of unbranched alkanes of at least 4 members (excludes halogenated alkanes) is 4. The van der Waals surface area contributed by atoms with E-state index in [1.165, 1.54) is 37.6 Å². The number of ether oxygens (including phenoxy) is 1. The summed E-state index contributed by atoms with van der Waals surface area (Å²) >= 11 is 0. The molecule has 0 aliphatic heterocycles. The number of methoxy groups -OCH3 is 1. The minimum absolute atomic E-state index is 0.0914. The first-order valence-electron chi connectivity index (χ1n) is 9.04. The quantitative estimate of drug-likeness (QED) is 0.439. The lowest BCUT2D eigenvalue weighted by Gasteiger charge is -2.09. The van der Waals surface area contributed by atoms with Gasteiger partial charge in [-0.05, 0) is 43.4 Å². The zero-order chi connectivity index (χ0) is 17.0. The van der Waals surface area contributed by atoms with Crippen molar-refractivity contribution in [2.24, 2.45) is 0 Å². The number of hydrogen-bond acceptors (Lipinski definition) is 2. The molecule has 0 bridgehead atoms. The van der Waals surface area contributed by atoms with Crippen LogP contribution in [0.2, 0.25) is 0 Å². The van der Waals surface area contributed by atoms with E-state index >= 15 is 0 Å². The van der Waals surface area contributed by atoms with Crippen LogP contribution in [0.4, 0.5) is 0 Å². The molecule has 0 saturated heterocycles. The molecule has 0 N–H and O–H groups in total. The van der Waals surface area contributed by atoms with E-state index < -0.39 is 0 Å². The predicted molar refractivity (Wildman–Crippen MR) is 98.0 cm³/mol. The lowest BCUT2D eigenvalue weighted by atomic mass is 10.1. The van der Waals surface area contributed by atoms with Gasteiger partial charge in [0.15, 0.2) is 0 Å². The van der Waals surface area contributed by atoms with Crippen molar-refractivity contribution in [3.8, 4) is 0 Å². The fourth-order valence-electron chi connectivity index (χ4n) is 3.00. The second-order valence-corrected chi connectivity index (χ2v) is 6.27. The van der Waals surface area contributed by atoms with Gasteiger partial charge in [0.2, 0.25) is 0 Å². The second-order valence-electron chi connectivity index (χ2n) is 6.27. The highest BCUT2D eigenvalue weighted by Crippen LogP contribution is 2.12. The van der Waals surface area contributed by atoms with Crippen LogP contribution >= 0.6 is 0 Å². The molecule has 1 aromatic carbocycles. The largest absolute Gasteiger partial charge is 0.469 e. The Morgan fingerprint density at radius 1 is 0.917 bits per heavy atom. The van der Waals surface area contributed by atoms with Crippen LogP contribution in [0.15, 0.2) is 48.7 Å². The Morgan fingerprint density at radius 2 is 1.67 bits per heavy atom. The summed E-state index contributed by atoms with van der Waals surface area (Å²) in [7, 11) is 1.45. The number of nitrogens with zero attached hydrogens (tertiary/aromatic N) is 1. The molecule has 0 radical (unpaired) electrons. The van der Waals surface area contributed by atoms with Crippen LogP contribution in [-0.4, -0.2) is 17.6 Å². The topological polar surface area (TPSA) is 31.2 Å². The van der Waals surface area contributed by atoms with E-state index in [4.69, 9.17) is 0 Å². The van der Waals surface area contributed by atoms with Crippen molar-refractivity contribution in [2.45, 2.75) is 57.9 Å². The van der Waals surface area contributed by atoms with E-state index in [0.717, 1.165) is 32.2 Å². The van der Waals surface area contributed by atoms with Crippen LogP contribution in [-0.2, 0) is 28.9 Å². The maximum atomic E-state index is 11.0. The molecule has 1 heterocycles. The molecule has 130 valence electrons. The van der Waals surface area contributed by atoms with Crippen molar-refractivity contribution < 1.29 is 9.53 Å². The third-order valence-electron chi connectivity index (χ3n) is 4.45. The number of esters is 1. The van der Waals surface area contributed by atoms with Gasteiger partial charge in [0.25, 0.3) is 0 Å². The zero-order valence-electron chi connectivity index (χ0n) is 14.7. The molecule has 0 spiro atoms. The monoisotopic (exact) mass is 327 g/mol. The summed E-state index contributed by atoms with van der Waals surface area (Å²) in [6.07, 6.45) is 10.7. The number of benzene rings is 1. The summed E-state index contributed by atoms with van der Waals surface area (Å²) in [5.74, 6) is -0.0914. The van der Waals surface area contributed by atoms with Crippen LogP contribution in [0.1, 0.15) is 49.8 Å². The van der Waals surface area contributed by atoms with Gasteiger partial charge in [0.05, 0.1) is 7.11 Å². The van der Waals surface area contributed by atoms with Gasteiger partial charge in [-0.1, -0.05) is 49.6 Å². The van der Waals surface area contributed by atoms with Gasteiger partial charge in [-0.25, -0.2) is 0 Å². The highest BCUT2D eigenvalue weighted by atomic mass is 16.5. The first kappa shape index (κ1) is 18.3. The first-order valence-corrected chi connectivity index (χ1v) is 9.04. The Hall–Kier alpha value is -2.03. The SMILES string of the molecule is COC(=O)CCCCCCCc1cccn1CCc1ccccc1. The zero-order valence-corrected chi connectivity index (χ0v) is 14.7. The maximum Gasteiger partial charge on any atom is 0.305 e. The van der Waals surface area contributed by atoms with Gasteiger partial charge >= 0.3 is 5.97 Å². The number of rotatable bonds is 11. The Labute approximate surface area is 145 Å². The van der Waals surface area contributed by atoms with Crippen LogP contribution in [0.3, 0.4) is 0 Å². The molecule has 2 rings (SSSR count). The molecule has 3 nitrogen and oxygen atoms in total. The molecule has 3 heteroatoms. The summed E-state index contributed by atoms with van der Waals surface area (Å²) in [6.45, 7) is 1.05. The van der Waals surface area contributed by atoms with Crippen molar-refractivity contribution >= 4 is 5.97 Å². The van der Waals surface area contributed by atoms with Gasteiger partial charge < -0.3 is 9.30 Å². The van der Waals surface area contributed by atoms with Crippen molar-refractivity contribution in [3.63, 3.8) is 0 Å². The molecule has 0 atom stereocenters. The molecular formula is C21H29NO2. The van der Waals surface area contributed by atoms with Gasteiger partial charge in [0.1, 0.15) is 0 Å². The summed E-state index contributed by atoms with van der Waals surface area (Å²) in [5.41, 5.74) is 2.82. The molecule has 0 saturated carbocycles. The predicted octanol–water partition coefficient (Wildman–Crippen LogP) is 4.79. The Morgan fingerprint density at radius 3 is 2.46 bits per heavy atom. The third-order valence-corrected chi connectivity index (χ3v) is 4.45. The summed E-state index contributed by atoms with van der Waals surface area (Å²) in [5, 5.41) is 0. The fourth-order valence-corrected chi connectivity index (χ4v) is 3.00.